The summed E-state index contributed by atoms with van der Waals surface area (Å²) in [6, 6.07) is 0. The van der Waals surface area contributed by atoms with Crippen molar-refractivity contribution in [1.82, 2.24) is 4.90 Å². The lowest BCUT2D eigenvalue weighted by Crippen LogP contribution is -2.49. The molecule has 1 rings (SSSR count). The summed E-state index contributed by atoms with van der Waals surface area (Å²) in [5.41, 5.74) is -0.739. The molecule has 0 aromatic heterocycles. The fourth-order valence-corrected chi connectivity index (χ4v) is 3.75. The van der Waals surface area contributed by atoms with Crippen molar-refractivity contribution in [2.45, 2.75) is 116 Å². The minimum Gasteiger partial charge on any atom is -0.371 e. The Morgan fingerprint density at radius 3 is 1.84 bits per heavy atom. The van der Waals surface area contributed by atoms with Crippen molar-refractivity contribution in [3.63, 3.8) is 0 Å². The molecule has 0 bridgehead atoms. The Labute approximate surface area is 157 Å². The first-order valence-corrected chi connectivity index (χ1v) is 11.1. The van der Waals surface area contributed by atoms with E-state index in [0.717, 1.165) is 19.5 Å². The molecule has 0 amide bonds. The Morgan fingerprint density at radius 1 is 0.920 bits per heavy atom. The van der Waals surface area contributed by atoms with Gasteiger partial charge in [-0.1, -0.05) is 97.3 Å². The Hall–Kier alpha value is -0.570. The molecular formula is C22H44N2O. The zero-order chi connectivity index (χ0) is 18.4. The maximum Gasteiger partial charge on any atom is 0.138 e. The first kappa shape index (κ1) is 22.5. The molecule has 0 aliphatic carbocycles. The summed E-state index contributed by atoms with van der Waals surface area (Å²) in [5.74, 6) is 0.296. The van der Waals surface area contributed by atoms with Crippen molar-refractivity contribution >= 4 is 6.34 Å². The van der Waals surface area contributed by atoms with E-state index in [4.69, 9.17) is 0 Å². The smallest absolute Gasteiger partial charge is 0.138 e. The van der Waals surface area contributed by atoms with Gasteiger partial charge in [0, 0.05) is 12.5 Å². The van der Waals surface area contributed by atoms with Crippen molar-refractivity contribution in [2.75, 3.05) is 13.1 Å². The molecule has 148 valence electrons. The SMILES string of the molecule is CCCCCCCCCCCCCCCC(C)C(C)(O)N1C=NCC1. The third kappa shape index (κ3) is 9.63. The summed E-state index contributed by atoms with van der Waals surface area (Å²) in [7, 11) is 0. The van der Waals surface area contributed by atoms with Gasteiger partial charge in [-0.3, -0.25) is 4.99 Å². The van der Waals surface area contributed by atoms with Crippen LogP contribution in [-0.4, -0.2) is 35.2 Å². The van der Waals surface area contributed by atoms with E-state index in [-0.39, 0.29) is 0 Å². The normalized spacial score (nSPS) is 17.8. The van der Waals surface area contributed by atoms with Gasteiger partial charge in [0.25, 0.3) is 0 Å². The van der Waals surface area contributed by atoms with Crippen molar-refractivity contribution in [3.05, 3.63) is 0 Å². The van der Waals surface area contributed by atoms with E-state index < -0.39 is 5.72 Å². The van der Waals surface area contributed by atoms with Gasteiger partial charge in [-0.25, -0.2) is 0 Å². The van der Waals surface area contributed by atoms with Crippen LogP contribution in [0.1, 0.15) is 111 Å². The van der Waals surface area contributed by atoms with E-state index in [1.807, 2.05) is 18.2 Å². The zero-order valence-electron chi connectivity index (χ0n) is 17.3. The molecule has 1 aliphatic rings. The van der Waals surface area contributed by atoms with Crippen LogP contribution in [0.5, 0.6) is 0 Å². The van der Waals surface area contributed by atoms with Crippen LogP contribution >= 0.6 is 0 Å². The van der Waals surface area contributed by atoms with E-state index in [9.17, 15) is 5.11 Å². The highest BCUT2D eigenvalue weighted by Gasteiger charge is 2.34. The molecule has 2 atom stereocenters. The monoisotopic (exact) mass is 352 g/mol. The van der Waals surface area contributed by atoms with Crippen molar-refractivity contribution in [1.29, 1.82) is 0 Å². The van der Waals surface area contributed by atoms with Gasteiger partial charge in [0.2, 0.25) is 0 Å². The number of rotatable bonds is 16. The van der Waals surface area contributed by atoms with Gasteiger partial charge in [-0.15, -0.1) is 0 Å². The Bertz CT molecular complexity index is 341. The van der Waals surface area contributed by atoms with E-state index in [2.05, 4.69) is 18.8 Å². The topological polar surface area (TPSA) is 35.8 Å². The molecule has 0 fully saturated rings. The quantitative estimate of drug-likeness (QED) is 0.338. The van der Waals surface area contributed by atoms with Crippen LogP contribution in [0.2, 0.25) is 0 Å². The molecule has 0 saturated carbocycles. The summed E-state index contributed by atoms with van der Waals surface area (Å²) in [5, 5.41) is 10.7. The summed E-state index contributed by atoms with van der Waals surface area (Å²) < 4.78 is 0. The van der Waals surface area contributed by atoms with Gasteiger partial charge < -0.3 is 10.0 Å². The number of aliphatic hydroxyl groups is 1. The van der Waals surface area contributed by atoms with Crippen LogP contribution in [0.3, 0.4) is 0 Å². The lowest BCUT2D eigenvalue weighted by Gasteiger charge is -2.38. The van der Waals surface area contributed by atoms with Crippen LogP contribution in [0.15, 0.2) is 4.99 Å². The van der Waals surface area contributed by atoms with Crippen LogP contribution in [0.25, 0.3) is 0 Å². The first-order chi connectivity index (χ1) is 12.1. The highest BCUT2D eigenvalue weighted by molar-refractivity contribution is 5.58. The number of aliphatic imine (C=N–C) groups is 1. The average Bonchev–Trinajstić information content (AvgIpc) is 3.14. The predicted molar refractivity (Wildman–Crippen MR) is 110 cm³/mol. The van der Waals surface area contributed by atoms with Crippen LogP contribution in [-0.2, 0) is 0 Å². The zero-order valence-corrected chi connectivity index (χ0v) is 17.3. The lowest BCUT2D eigenvalue weighted by atomic mass is 9.91. The van der Waals surface area contributed by atoms with Gasteiger partial charge in [-0.05, 0) is 13.3 Å². The molecule has 0 aromatic carbocycles. The van der Waals surface area contributed by atoms with Crippen LogP contribution in [0, 0.1) is 5.92 Å². The van der Waals surface area contributed by atoms with E-state index in [1.165, 1.54) is 83.5 Å². The molecule has 3 nitrogen and oxygen atoms in total. The van der Waals surface area contributed by atoms with E-state index >= 15 is 0 Å². The van der Waals surface area contributed by atoms with Crippen molar-refractivity contribution in [2.24, 2.45) is 10.9 Å². The Balaban J connectivity index is 1.89. The Morgan fingerprint density at radius 2 is 1.40 bits per heavy atom. The van der Waals surface area contributed by atoms with Crippen molar-refractivity contribution in [3.8, 4) is 0 Å². The minimum absolute atomic E-state index is 0.296. The second kappa shape index (κ2) is 13.6. The number of hydrogen-bond acceptors (Lipinski definition) is 3. The molecule has 1 heterocycles. The number of unbranched alkanes of at least 4 members (excludes halogenated alkanes) is 12. The second-order valence-electron chi connectivity index (χ2n) is 8.24. The fraction of sp³-hybridized carbons (Fsp3) is 0.955. The number of nitrogens with zero attached hydrogens (tertiary/aromatic N) is 2. The predicted octanol–water partition coefficient (Wildman–Crippen LogP) is 6.16. The lowest BCUT2D eigenvalue weighted by molar-refractivity contribution is -0.0916. The molecule has 0 spiro atoms. The van der Waals surface area contributed by atoms with Gasteiger partial charge in [0.1, 0.15) is 5.72 Å². The largest absolute Gasteiger partial charge is 0.371 e. The maximum atomic E-state index is 10.7. The van der Waals surface area contributed by atoms with Crippen LogP contribution in [0.4, 0.5) is 0 Å². The molecule has 0 aromatic rings. The van der Waals surface area contributed by atoms with Gasteiger partial charge in [0.15, 0.2) is 0 Å². The molecular weight excluding hydrogens is 308 g/mol. The fourth-order valence-electron chi connectivity index (χ4n) is 3.75. The molecule has 1 aliphatic heterocycles. The third-order valence-corrected chi connectivity index (χ3v) is 5.95. The number of hydrogen-bond donors (Lipinski definition) is 1. The summed E-state index contributed by atoms with van der Waals surface area (Å²) in [4.78, 5) is 6.22. The summed E-state index contributed by atoms with van der Waals surface area (Å²) in [6.07, 6.45) is 21.0. The van der Waals surface area contributed by atoms with E-state index in [1.54, 1.807) is 0 Å². The Kier molecular flexibility index (Phi) is 12.2. The standard InChI is InChI=1S/C22H44N2O/c1-4-5-6-7-8-9-10-11-12-13-14-15-16-17-21(2)22(3,25)24-19-18-23-20-24/h20-21,25H,4-19H2,1-3H3. The van der Waals surface area contributed by atoms with Gasteiger partial charge in [0.05, 0.1) is 12.9 Å². The highest BCUT2D eigenvalue weighted by Crippen LogP contribution is 2.27. The third-order valence-electron chi connectivity index (χ3n) is 5.95. The van der Waals surface area contributed by atoms with Gasteiger partial charge >= 0.3 is 0 Å². The molecule has 3 heteroatoms. The second-order valence-corrected chi connectivity index (χ2v) is 8.24. The van der Waals surface area contributed by atoms with E-state index in [0.29, 0.717) is 5.92 Å². The molecule has 25 heavy (non-hydrogen) atoms. The first-order valence-electron chi connectivity index (χ1n) is 11.1. The maximum absolute atomic E-state index is 10.7. The van der Waals surface area contributed by atoms with Crippen LogP contribution < -0.4 is 0 Å². The highest BCUT2D eigenvalue weighted by atomic mass is 16.3. The average molecular weight is 353 g/mol. The molecule has 0 radical (unpaired) electrons. The van der Waals surface area contributed by atoms with Crippen molar-refractivity contribution < 1.29 is 5.11 Å². The molecule has 1 N–H and O–H groups in total. The van der Waals surface area contributed by atoms with Gasteiger partial charge in [-0.2, -0.15) is 0 Å². The molecule has 0 saturated heterocycles. The molecule has 2 unspecified atom stereocenters. The summed E-state index contributed by atoms with van der Waals surface area (Å²) in [6.45, 7) is 8.08. The summed E-state index contributed by atoms with van der Waals surface area (Å²) >= 11 is 0. The minimum atomic E-state index is -0.739.